The molecule has 3 aromatic carbocycles. The number of carbonyl (C=O) groups is 2. The summed E-state index contributed by atoms with van der Waals surface area (Å²) in [4.78, 5) is 23.4. The third-order valence-electron chi connectivity index (χ3n) is 4.60. The van der Waals surface area contributed by atoms with E-state index in [2.05, 4.69) is 10.4 Å². The van der Waals surface area contributed by atoms with Gasteiger partial charge in [0.05, 0.1) is 11.2 Å². The van der Waals surface area contributed by atoms with Gasteiger partial charge in [-0.1, -0.05) is 42.5 Å². The van der Waals surface area contributed by atoms with Gasteiger partial charge in [-0.25, -0.2) is 0 Å². The topological polar surface area (TPSA) is 73.2 Å². The Morgan fingerprint density at radius 3 is 2.42 bits per heavy atom. The number of anilines is 1. The maximum absolute atomic E-state index is 12.2. The van der Waals surface area contributed by atoms with E-state index in [1.54, 1.807) is 30.3 Å². The fourth-order valence-electron chi connectivity index (χ4n) is 3.26. The van der Waals surface area contributed by atoms with E-state index in [1.807, 2.05) is 54.6 Å². The molecule has 0 unspecified atom stereocenters. The van der Waals surface area contributed by atoms with Gasteiger partial charge in [-0.15, -0.1) is 0 Å². The quantitative estimate of drug-likeness (QED) is 0.463. The van der Waals surface area contributed by atoms with Crippen LogP contribution < -0.4 is 10.1 Å². The van der Waals surface area contributed by atoms with Gasteiger partial charge in [0.1, 0.15) is 11.5 Å². The van der Waals surface area contributed by atoms with Crippen molar-refractivity contribution in [3.05, 3.63) is 84.1 Å². The molecule has 1 amide bonds. The van der Waals surface area contributed by atoms with Crippen LogP contribution in [-0.4, -0.2) is 21.6 Å². The van der Waals surface area contributed by atoms with Crippen molar-refractivity contribution in [2.75, 3.05) is 5.32 Å². The molecule has 154 valence electrons. The van der Waals surface area contributed by atoms with Gasteiger partial charge in [0.15, 0.2) is 0 Å². The number of ether oxygens (including phenoxy) is 1. The number of carbonyl (C=O) groups excluding carboxylic acids is 2. The second-order valence-electron chi connectivity index (χ2n) is 7.05. The van der Waals surface area contributed by atoms with E-state index in [0.717, 1.165) is 10.9 Å². The van der Waals surface area contributed by atoms with Crippen LogP contribution in [-0.2, 0) is 4.79 Å². The highest BCUT2D eigenvalue weighted by Gasteiger charge is 2.13. The van der Waals surface area contributed by atoms with E-state index < -0.39 is 0 Å². The van der Waals surface area contributed by atoms with Crippen LogP contribution in [0, 0.1) is 0 Å². The predicted octanol–water partition coefficient (Wildman–Crippen LogP) is 5.62. The van der Waals surface area contributed by atoms with Crippen molar-refractivity contribution in [1.82, 2.24) is 9.78 Å². The summed E-state index contributed by atoms with van der Waals surface area (Å²) in [7, 11) is 0. The number of fused-ring (bicyclic) bond motifs is 1. The summed E-state index contributed by atoms with van der Waals surface area (Å²) in [5.41, 5.74) is 3.06. The lowest BCUT2D eigenvalue weighted by molar-refractivity contribution is -0.114. The van der Waals surface area contributed by atoms with Crippen molar-refractivity contribution < 1.29 is 14.3 Å². The number of benzene rings is 3. The zero-order valence-corrected chi connectivity index (χ0v) is 17.2. The molecular weight excluding hydrogens is 390 g/mol. The fraction of sp³-hybridized carbons (Fsp3) is 0.0800. The Bertz CT molecular complexity index is 1290. The molecule has 0 bridgehead atoms. The normalized spacial score (nSPS) is 11.0. The Balaban J connectivity index is 1.67. The lowest BCUT2D eigenvalue weighted by Gasteiger charge is -2.08. The SMILES string of the molecule is CC(=O)Nc1cccc(Oc2ccc3c(C=Cc4ccccc4)nn(C(C)=O)c3c2)c1. The van der Waals surface area contributed by atoms with E-state index in [4.69, 9.17) is 4.74 Å². The summed E-state index contributed by atoms with van der Waals surface area (Å²) in [5.74, 6) is 0.798. The third-order valence-corrected chi connectivity index (χ3v) is 4.60. The number of nitrogens with zero attached hydrogens (tertiary/aromatic N) is 2. The molecule has 0 atom stereocenters. The summed E-state index contributed by atoms with van der Waals surface area (Å²) in [6, 6.07) is 22.5. The molecule has 0 fully saturated rings. The molecule has 0 aliphatic heterocycles. The first kappa shape index (κ1) is 20.1. The van der Waals surface area contributed by atoms with Crippen molar-refractivity contribution >= 4 is 40.6 Å². The highest BCUT2D eigenvalue weighted by Crippen LogP contribution is 2.29. The Kier molecular flexibility index (Phi) is 5.62. The maximum Gasteiger partial charge on any atom is 0.244 e. The lowest BCUT2D eigenvalue weighted by atomic mass is 10.1. The van der Waals surface area contributed by atoms with Crippen LogP contribution in [0.1, 0.15) is 29.9 Å². The van der Waals surface area contributed by atoms with Crippen LogP contribution in [0.3, 0.4) is 0 Å². The van der Waals surface area contributed by atoms with Crippen LogP contribution in [0.2, 0.25) is 0 Å². The molecule has 0 saturated heterocycles. The van der Waals surface area contributed by atoms with E-state index >= 15 is 0 Å². The maximum atomic E-state index is 12.2. The average molecular weight is 411 g/mol. The summed E-state index contributed by atoms with van der Waals surface area (Å²) < 4.78 is 7.34. The Morgan fingerprint density at radius 2 is 1.68 bits per heavy atom. The van der Waals surface area contributed by atoms with Crippen LogP contribution >= 0.6 is 0 Å². The average Bonchev–Trinajstić information content (AvgIpc) is 3.11. The number of hydrogen-bond donors (Lipinski definition) is 1. The van der Waals surface area contributed by atoms with Crippen LogP contribution in [0.25, 0.3) is 23.1 Å². The van der Waals surface area contributed by atoms with Crippen molar-refractivity contribution in [2.24, 2.45) is 0 Å². The fourth-order valence-corrected chi connectivity index (χ4v) is 3.26. The molecule has 31 heavy (non-hydrogen) atoms. The summed E-state index contributed by atoms with van der Waals surface area (Å²) in [6.45, 7) is 2.93. The number of rotatable bonds is 5. The molecule has 1 N–H and O–H groups in total. The molecule has 1 heterocycles. The molecule has 4 aromatic rings. The number of nitrogens with one attached hydrogen (secondary N) is 1. The number of amides is 1. The van der Waals surface area contributed by atoms with Crippen LogP contribution in [0.5, 0.6) is 11.5 Å². The predicted molar refractivity (Wildman–Crippen MR) is 122 cm³/mol. The van der Waals surface area contributed by atoms with Gasteiger partial charge in [0.25, 0.3) is 0 Å². The van der Waals surface area contributed by atoms with Crippen LogP contribution in [0.4, 0.5) is 5.69 Å². The highest BCUT2D eigenvalue weighted by molar-refractivity contribution is 5.96. The third kappa shape index (κ3) is 4.70. The lowest BCUT2D eigenvalue weighted by Crippen LogP contribution is -2.07. The van der Waals surface area contributed by atoms with Gasteiger partial charge in [-0.05, 0) is 35.9 Å². The molecule has 0 saturated carbocycles. The largest absolute Gasteiger partial charge is 0.457 e. The Hall–Kier alpha value is -4.19. The minimum absolute atomic E-state index is 0.153. The summed E-state index contributed by atoms with van der Waals surface area (Å²) in [5, 5.41) is 8.06. The second-order valence-corrected chi connectivity index (χ2v) is 7.05. The molecule has 0 aliphatic rings. The first-order valence-corrected chi connectivity index (χ1v) is 9.82. The zero-order chi connectivity index (χ0) is 21.8. The van der Waals surface area contributed by atoms with Crippen molar-refractivity contribution in [3.63, 3.8) is 0 Å². The van der Waals surface area contributed by atoms with E-state index in [9.17, 15) is 9.59 Å². The molecule has 0 spiro atoms. The standard InChI is InChI=1S/C25H21N3O3/c1-17(29)26-20-9-6-10-21(15-20)31-22-12-13-23-24(14-11-19-7-4-3-5-8-19)27-28(18(2)30)25(23)16-22/h3-16H,1-2H3,(H,26,29). The van der Waals surface area contributed by atoms with Gasteiger partial charge in [-0.3, -0.25) is 9.59 Å². The van der Waals surface area contributed by atoms with E-state index in [-0.39, 0.29) is 11.8 Å². The van der Waals surface area contributed by atoms with Crippen LogP contribution in [0.15, 0.2) is 72.8 Å². The van der Waals surface area contributed by atoms with E-state index in [1.165, 1.54) is 18.5 Å². The first-order chi connectivity index (χ1) is 15.0. The van der Waals surface area contributed by atoms with Gasteiger partial charge in [-0.2, -0.15) is 9.78 Å². The van der Waals surface area contributed by atoms with Crippen molar-refractivity contribution in [1.29, 1.82) is 0 Å². The molecule has 6 heteroatoms. The summed E-state index contributed by atoms with van der Waals surface area (Å²) in [6.07, 6.45) is 3.86. The first-order valence-electron chi connectivity index (χ1n) is 9.82. The molecular formula is C25H21N3O3. The molecule has 0 aliphatic carbocycles. The Morgan fingerprint density at radius 1 is 0.903 bits per heavy atom. The smallest absolute Gasteiger partial charge is 0.244 e. The number of aromatic nitrogens is 2. The van der Waals surface area contributed by atoms with Gasteiger partial charge < -0.3 is 10.1 Å². The number of hydrogen-bond acceptors (Lipinski definition) is 4. The van der Waals surface area contributed by atoms with Gasteiger partial charge in [0, 0.05) is 37.1 Å². The molecule has 6 nitrogen and oxygen atoms in total. The highest BCUT2D eigenvalue weighted by atomic mass is 16.5. The van der Waals surface area contributed by atoms with Crippen molar-refractivity contribution in [2.45, 2.75) is 13.8 Å². The van der Waals surface area contributed by atoms with E-state index in [0.29, 0.717) is 28.4 Å². The molecule has 4 rings (SSSR count). The van der Waals surface area contributed by atoms with Crippen molar-refractivity contribution in [3.8, 4) is 11.5 Å². The molecule has 0 radical (unpaired) electrons. The monoisotopic (exact) mass is 411 g/mol. The van der Waals surface area contributed by atoms with Gasteiger partial charge >= 0.3 is 0 Å². The summed E-state index contributed by atoms with van der Waals surface area (Å²) >= 11 is 0. The Labute approximate surface area is 179 Å². The minimum Gasteiger partial charge on any atom is -0.457 e. The molecule has 1 aromatic heterocycles. The zero-order valence-electron chi connectivity index (χ0n) is 17.2. The minimum atomic E-state index is -0.186. The second kappa shape index (κ2) is 8.67. The van der Waals surface area contributed by atoms with Gasteiger partial charge in [0.2, 0.25) is 11.8 Å².